The van der Waals surface area contributed by atoms with Crippen LogP contribution in [0.25, 0.3) is 44.5 Å². The van der Waals surface area contributed by atoms with Crippen LogP contribution in [0.2, 0.25) is 0 Å². The van der Waals surface area contributed by atoms with E-state index in [-0.39, 0.29) is 0 Å². The van der Waals surface area contributed by atoms with Gasteiger partial charge in [-0.1, -0.05) is 119 Å². The third-order valence-corrected chi connectivity index (χ3v) is 6.02. The minimum atomic E-state index is 1.08. The number of hydrogen-bond acceptors (Lipinski definition) is 0. The first-order chi connectivity index (χ1) is 15.3. The minimum Gasteiger partial charge on any atom is -0.0622 e. The Labute approximate surface area is 192 Å². The molecular weight excluding hydrogens is 440 g/mol. The minimum absolute atomic E-state index is 1.08. The topological polar surface area (TPSA) is 0 Å². The molecule has 0 atom stereocenters. The van der Waals surface area contributed by atoms with Crippen LogP contribution < -0.4 is 0 Å². The summed E-state index contributed by atoms with van der Waals surface area (Å²) in [6, 6.07) is 45.2. The molecule has 0 saturated carbocycles. The third-order valence-electron chi connectivity index (χ3n) is 5.53. The van der Waals surface area contributed by atoms with Gasteiger partial charge in [0.25, 0.3) is 0 Å². The molecule has 0 nitrogen and oxygen atoms in total. The normalized spacial score (nSPS) is 10.7. The van der Waals surface area contributed by atoms with E-state index in [0.29, 0.717) is 0 Å². The fraction of sp³-hybridized carbons (Fsp3) is 0. The van der Waals surface area contributed by atoms with Gasteiger partial charge < -0.3 is 0 Å². The molecule has 0 N–H and O–H groups in total. The smallest absolute Gasteiger partial charge is 0.0181 e. The zero-order valence-electron chi connectivity index (χ0n) is 17.0. The van der Waals surface area contributed by atoms with Gasteiger partial charge in [0.15, 0.2) is 0 Å². The molecule has 5 aromatic rings. The predicted octanol–water partition coefficient (Wildman–Crippen LogP) is 9.12. The molecule has 0 amide bonds. The van der Waals surface area contributed by atoms with Gasteiger partial charge in [-0.25, -0.2) is 0 Å². The predicted molar refractivity (Wildman–Crippen MR) is 136 cm³/mol. The van der Waals surface area contributed by atoms with Crippen LogP contribution in [0, 0.1) is 0 Å². The van der Waals surface area contributed by atoms with Crippen molar-refractivity contribution in [3.8, 4) is 44.5 Å². The van der Waals surface area contributed by atoms with Crippen molar-refractivity contribution in [3.05, 3.63) is 132 Å². The van der Waals surface area contributed by atoms with E-state index in [0.717, 1.165) is 4.47 Å². The number of benzene rings is 5. The lowest BCUT2D eigenvalue weighted by Gasteiger charge is -2.19. The highest BCUT2D eigenvalue weighted by atomic mass is 79.9. The molecular formula is C30H21Br. The molecule has 0 radical (unpaired) electrons. The Kier molecular flexibility index (Phi) is 5.52. The number of rotatable bonds is 4. The lowest BCUT2D eigenvalue weighted by atomic mass is 9.85. The fourth-order valence-corrected chi connectivity index (χ4v) is 4.48. The molecule has 0 aliphatic carbocycles. The Morgan fingerprint density at radius 3 is 1.29 bits per heavy atom. The summed E-state index contributed by atoms with van der Waals surface area (Å²) >= 11 is 3.67. The molecule has 0 fully saturated rings. The first kappa shape index (κ1) is 19.5. The maximum Gasteiger partial charge on any atom is 0.0181 e. The van der Waals surface area contributed by atoms with Gasteiger partial charge in [-0.05, 0) is 68.8 Å². The fourth-order valence-electron chi connectivity index (χ4n) is 4.09. The Morgan fingerprint density at radius 1 is 0.355 bits per heavy atom. The van der Waals surface area contributed by atoms with Gasteiger partial charge in [-0.3, -0.25) is 0 Å². The van der Waals surface area contributed by atoms with Crippen molar-refractivity contribution in [1.82, 2.24) is 0 Å². The lowest BCUT2D eigenvalue weighted by molar-refractivity contribution is 1.53. The molecule has 0 aliphatic rings. The first-order valence-corrected chi connectivity index (χ1v) is 11.2. The average molecular weight is 461 g/mol. The molecule has 0 bridgehead atoms. The average Bonchev–Trinajstić information content (AvgIpc) is 2.85. The molecule has 31 heavy (non-hydrogen) atoms. The Hall–Kier alpha value is -3.42. The molecule has 148 valence electrons. The van der Waals surface area contributed by atoms with E-state index in [9.17, 15) is 0 Å². The van der Waals surface area contributed by atoms with Crippen LogP contribution in [-0.2, 0) is 0 Å². The summed E-state index contributed by atoms with van der Waals surface area (Å²) in [7, 11) is 0. The van der Waals surface area contributed by atoms with E-state index in [1.165, 1.54) is 44.5 Å². The maximum atomic E-state index is 3.67. The second-order valence-corrected chi connectivity index (χ2v) is 8.47. The molecule has 1 heteroatoms. The summed E-state index contributed by atoms with van der Waals surface area (Å²) in [4.78, 5) is 0. The molecule has 5 rings (SSSR count). The summed E-state index contributed by atoms with van der Waals surface area (Å²) in [6.45, 7) is 0. The molecule has 5 aromatic carbocycles. The summed E-state index contributed by atoms with van der Waals surface area (Å²) in [5.41, 5.74) is 9.79. The molecule has 0 saturated heterocycles. The zero-order valence-corrected chi connectivity index (χ0v) is 18.6. The van der Waals surface area contributed by atoms with Gasteiger partial charge in [0.1, 0.15) is 0 Å². The molecule has 0 spiro atoms. The van der Waals surface area contributed by atoms with Crippen molar-refractivity contribution in [3.63, 3.8) is 0 Å². The molecule has 0 heterocycles. The van der Waals surface area contributed by atoms with Gasteiger partial charge in [0.05, 0.1) is 0 Å². The third kappa shape index (κ3) is 4.10. The van der Waals surface area contributed by atoms with E-state index in [1.54, 1.807) is 0 Å². The highest BCUT2D eigenvalue weighted by Gasteiger charge is 2.17. The van der Waals surface area contributed by atoms with Crippen LogP contribution in [0.4, 0.5) is 0 Å². The summed E-state index contributed by atoms with van der Waals surface area (Å²) in [5, 5.41) is 0. The Balaban J connectivity index is 1.88. The van der Waals surface area contributed by atoms with E-state index in [1.807, 2.05) is 0 Å². The summed E-state index contributed by atoms with van der Waals surface area (Å²) in [6.07, 6.45) is 0. The van der Waals surface area contributed by atoms with Gasteiger partial charge in [0, 0.05) is 4.47 Å². The zero-order chi connectivity index (χ0) is 21.0. The van der Waals surface area contributed by atoms with Gasteiger partial charge >= 0.3 is 0 Å². The van der Waals surface area contributed by atoms with E-state index in [2.05, 4.69) is 143 Å². The van der Waals surface area contributed by atoms with Crippen LogP contribution in [0.5, 0.6) is 0 Å². The van der Waals surface area contributed by atoms with Crippen LogP contribution in [-0.4, -0.2) is 0 Å². The van der Waals surface area contributed by atoms with Crippen LogP contribution in [0.3, 0.4) is 0 Å². The van der Waals surface area contributed by atoms with Crippen LogP contribution in [0.15, 0.2) is 132 Å². The molecule has 0 unspecified atom stereocenters. The van der Waals surface area contributed by atoms with E-state index < -0.39 is 0 Å². The van der Waals surface area contributed by atoms with Crippen LogP contribution >= 0.6 is 15.9 Å². The van der Waals surface area contributed by atoms with Gasteiger partial charge in [0.2, 0.25) is 0 Å². The highest BCUT2D eigenvalue weighted by molar-refractivity contribution is 9.10. The Morgan fingerprint density at radius 2 is 0.806 bits per heavy atom. The maximum absolute atomic E-state index is 3.67. The van der Waals surface area contributed by atoms with Crippen molar-refractivity contribution in [2.75, 3.05) is 0 Å². The van der Waals surface area contributed by atoms with Crippen molar-refractivity contribution < 1.29 is 0 Å². The van der Waals surface area contributed by atoms with E-state index in [4.69, 9.17) is 0 Å². The van der Waals surface area contributed by atoms with Crippen LogP contribution in [0.1, 0.15) is 0 Å². The summed E-state index contributed by atoms with van der Waals surface area (Å²) < 4.78 is 1.08. The highest BCUT2D eigenvalue weighted by Crippen LogP contribution is 2.43. The van der Waals surface area contributed by atoms with Crippen molar-refractivity contribution in [1.29, 1.82) is 0 Å². The second-order valence-electron chi connectivity index (χ2n) is 7.55. The quantitative estimate of drug-likeness (QED) is 0.250. The standard InChI is InChI=1S/C30H21Br/c31-27-18-10-17-25(19-27)30-28(23-13-6-2-7-14-23)20-26(22-11-4-1-5-12-22)21-29(30)24-15-8-3-9-16-24/h1-21H. The molecule has 0 aliphatic heterocycles. The van der Waals surface area contributed by atoms with Gasteiger partial charge in [-0.15, -0.1) is 0 Å². The van der Waals surface area contributed by atoms with Crippen molar-refractivity contribution in [2.24, 2.45) is 0 Å². The van der Waals surface area contributed by atoms with Gasteiger partial charge in [-0.2, -0.15) is 0 Å². The second kappa shape index (κ2) is 8.75. The lowest BCUT2D eigenvalue weighted by Crippen LogP contribution is -1.93. The van der Waals surface area contributed by atoms with Crippen molar-refractivity contribution >= 4 is 15.9 Å². The van der Waals surface area contributed by atoms with Crippen molar-refractivity contribution in [2.45, 2.75) is 0 Å². The molecule has 0 aromatic heterocycles. The summed E-state index contributed by atoms with van der Waals surface area (Å²) in [5.74, 6) is 0. The number of halogens is 1. The first-order valence-electron chi connectivity index (χ1n) is 10.4. The Bertz CT molecular complexity index is 1250. The number of hydrogen-bond donors (Lipinski definition) is 0. The largest absolute Gasteiger partial charge is 0.0622 e. The van der Waals surface area contributed by atoms with E-state index >= 15 is 0 Å². The SMILES string of the molecule is Brc1cccc(-c2c(-c3ccccc3)cc(-c3ccccc3)cc2-c2ccccc2)c1. The monoisotopic (exact) mass is 460 g/mol.